The zero-order valence-corrected chi connectivity index (χ0v) is 14.9. The van der Waals surface area contributed by atoms with Crippen molar-refractivity contribution in [2.24, 2.45) is 0 Å². The van der Waals surface area contributed by atoms with Crippen molar-refractivity contribution in [3.63, 3.8) is 0 Å². The molecule has 0 saturated heterocycles. The van der Waals surface area contributed by atoms with Crippen molar-refractivity contribution < 1.29 is 4.79 Å². The molecule has 0 aromatic carbocycles. The molecule has 136 valence electrons. The molecule has 3 N–H and O–H groups in total. The summed E-state index contributed by atoms with van der Waals surface area (Å²) >= 11 is 0. The molecule has 0 spiro atoms. The highest BCUT2D eigenvalue weighted by Crippen LogP contribution is 2.32. The first-order valence-electron chi connectivity index (χ1n) is 9.04. The van der Waals surface area contributed by atoms with Crippen molar-refractivity contribution in [2.75, 3.05) is 12.4 Å². The number of nitrogens with zero attached hydrogens (tertiary/aromatic N) is 4. The summed E-state index contributed by atoms with van der Waals surface area (Å²) in [6.07, 6.45) is 8.45. The van der Waals surface area contributed by atoms with Crippen LogP contribution in [0, 0.1) is 0 Å². The number of rotatable bonds is 4. The van der Waals surface area contributed by atoms with Crippen molar-refractivity contribution in [3.05, 3.63) is 42.4 Å². The molecule has 4 heterocycles. The highest BCUT2D eigenvalue weighted by atomic mass is 16.1. The van der Waals surface area contributed by atoms with Crippen LogP contribution < -0.4 is 10.6 Å². The van der Waals surface area contributed by atoms with E-state index in [9.17, 15) is 4.79 Å². The number of anilines is 1. The zero-order valence-electron chi connectivity index (χ0n) is 14.9. The van der Waals surface area contributed by atoms with Gasteiger partial charge in [-0.05, 0) is 31.4 Å². The lowest BCUT2D eigenvalue weighted by Gasteiger charge is -2.26. The lowest BCUT2D eigenvalue weighted by molar-refractivity contribution is 0.0918. The summed E-state index contributed by atoms with van der Waals surface area (Å²) in [5.74, 6) is 1.43. The number of carbonyl (C=O) groups excluding carboxylic acids is 1. The smallest absolute Gasteiger partial charge is 0.256 e. The summed E-state index contributed by atoms with van der Waals surface area (Å²) < 4.78 is 1.66. The van der Waals surface area contributed by atoms with Crippen LogP contribution in [-0.2, 0) is 0 Å². The normalized spacial score (nSPS) is 14.4. The van der Waals surface area contributed by atoms with Crippen molar-refractivity contribution in [3.8, 4) is 22.6 Å². The van der Waals surface area contributed by atoms with Crippen LogP contribution in [-0.4, -0.2) is 43.6 Å². The Kier molecular flexibility index (Phi) is 3.56. The Morgan fingerprint density at radius 3 is 2.96 bits per heavy atom. The Morgan fingerprint density at radius 2 is 2.19 bits per heavy atom. The second kappa shape index (κ2) is 6.08. The number of hydrogen-bond donors (Lipinski definition) is 3. The summed E-state index contributed by atoms with van der Waals surface area (Å²) in [5.41, 5.74) is 3.65. The second-order valence-corrected chi connectivity index (χ2v) is 6.78. The topological polar surface area (TPSA) is 100 Å². The molecule has 0 radical (unpaired) electrons. The molecule has 5 rings (SSSR count). The van der Waals surface area contributed by atoms with E-state index in [4.69, 9.17) is 4.98 Å². The Balaban J connectivity index is 1.63. The third kappa shape index (κ3) is 2.52. The molecule has 0 bridgehead atoms. The van der Waals surface area contributed by atoms with Crippen LogP contribution in [0.1, 0.15) is 29.6 Å². The Hall–Kier alpha value is -3.42. The van der Waals surface area contributed by atoms with E-state index in [0.717, 1.165) is 41.3 Å². The number of H-pyrrole nitrogens is 1. The van der Waals surface area contributed by atoms with Gasteiger partial charge in [0.25, 0.3) is 5.91 Å². The van der Waals surface area contributed by atoms with Crippen LogP contribution in [0.15, 0.2) is 36.8 Å². The SMILES string of the molecule is CNc1cc(-c2cnc3[nH]cccc2-3)nc2c(C(=O)NC3CCC3)cnn12. The van der Waals surface area contributed by atoms with Gasteiger partial charge in [-0.25, -0.2) is 9.97 Å². The predicted molar refractivity (Wildman–Crippen MR) is 102 cm³/mol. The number of fused-ring (bicyclic) bond motifs is 2. The van der Waals surface area contributed by atoms with E-state index in [-0.39, 0.29) is 11.9 Å². The number of carbonyl (C=O) groups is 1. The number of hydrogen-bond acceptors (Lipinski definition) is 5. The Labute approximate surface area is 155 Å². The second-order valence-electron chi connectivity index (χ2n) is 6.78. The van der Waals surface area contributed by atoms with E-state index < -0.39 is 0 Å². The maximum atomic E-state index is 12.7. The monoisotopic (exact) mass is 361 g/mol. The van der Waals surface area contributed by atoms with Gasteiger partial charge in [-0.1, -0.05) is 0 Å². The van der Waals surface area contributed by atoms with E-state index in [1.165, 1.54) is 6.42 Å². The standard InChI is InChI=1S/C19H19N7O/c1-20-16-8-15(13-9-22-17-12(13)6-3-7-21-17)25-18-14(10-23-26(16)18)19(27)24-11-4-2-5-11/h3,6-11,20H,2,4-5H2,1H3,(H,21,22)(H,24,27). The van der Waals surface area contributed by atoms with Gasteiger partial charge in [-0.3, -0.25) is 4.79 Å². The van der Waals surface area contributed by atoms with E-state index >= 15 is 0 Å². The molecule has 1 saturated carbocycles. The molecule has 27 heavy (non-hydrogen) atoms. The molecule has 1 aliphatic carbocycles. The minimum Gasteiger partial charge on any atom is -0.373 e. The molecule has 1 fully saturated rings. The summed E-state index contributed by atoms with van der Waals surface area (Å²) in [4.78, 5) is 25.0. The third-order valence-electron chi connectivity index (χ3n) is 5.14. The first kappa shape index (κ1) is 15.8. The van der Waals surface area contributed by atoms with Gasteiger partial charge in [0, 0.05) is 42.7 Å². The lowest BCUT2D eigenvalue weighted by atomic mass is 9.93. The van der Waals surface area contributed by atoms with Crippen LogP contribution in [0.2, 0.25) is 0 Å². The number of nitrogens with one attached hydrogen (secondary N) is 3. The quantitative estimate of drug-likeness (QED) is 0.519. The fraction of sp³-hybridized carbons (Fsp3) is 0.263. The molecule has 2 aliphatic heterocycles. The highest BCUT2D eigenvalue weighted by Gasteiger charge is 2.24. The fourth-order valence-corrected chi connectivity index (χ4v) is 3.41. The van der Waals surface area contributed by atoms with Crippen molar-refractivity contribution in [1.82, 2.24) is 29.9 Å². The largest absolute Gasteiger partial charge is 0.373 e. The van der Waals surface area contributed by atoms with Crippen LogP contribution in [0.5, 0.6) is 0 Å². The van der Waals surface area contributed by atoms with Gasteiger partial charge in [0.2, 0.25) is 0 Å². The van der Waals surface area contributed by atoms with Gasteiger partial charge < -0.3 is 15.6 Å². The number of amides is 1. The van der Waals surface area contributed by atoms with Gasteiger partial charge in [0.15, 0.2) is 5.65 Å². The van der Waals surface area contributed by atoms with E-state index in [1.54, 1.807) is 16.9 Å². The van der Waals surface area contributed by atoms with E-state index in [1.807, 2.05) is 31.4 Å². The molecular weight excluding hydrogens is 342 g/mol. The molecule has 8 heteroatoms. The molecule has 3 aliphatic rings. The Morgan fingerprint density at radius 1 is 1.30 bits per heavy atom. The number of aromatic amines is 1. The molecule has 2 aromatic heterocycles. The summed E-state index contributed by atoms with van der Waals surface area (Å²) in [5, 5.41) is 10.6. The first-order chi connectivity index (χ1) is 13.2. The van der Waals surface area contributed by atoms with Crippen LogP contribution in [0.25, 0.3) is 28.3 Å². The molecule has 0 atom stereocenters. The van der Waals surface area contributed by atoms with Crippen LogP contribution >= 0.6 is 0 Å². The minimum absolute atomic E-state index is 0.125. The van der Waals surface area contributed by atoms with Crippen molar-refractivity contribution >= 4 is 17.4 Å². The fourth-order valence-electron chi connectivity index (χ4n) is 3.41. The Bertz CT molecular complexity index is 1110. The highest BCUT2D eigenvalue weighted by molar-refractivity contribution is 6.00. The first-order valence-corrected chi connectivity index (χ1v) is 9.04. The minimum atomic E-state index is -0.125. The van der Waals surface area contributed by atoms with Crippen molar-refractivity contribution in [1.29, 1.82) is 0 Å². The van der Waals surface area contributed by atoms with Gasteiger partial charge in [0.1, 0.15) is 17.2 Å². The van der Waals surface area contributed by atoms with E-state index in [2.05, 4.69) is 25.7 Å². The predicted octanol–water partition coefficient (Wildman–Crippen LogP) is 2.55. The molecule has 8 nitrogen and oxygen atoms in total. The molecule has 0 unspecified atom stereocenters. The van der Waals surface area contributed by atoms with Gasteiger partial charge in [-0.2, -0.15) is 9.61 Å². The third-order valence-corrected chi connectivity index (χ3v) is 5.14. The summed E-state index contributed by atoms with van der Waals surface area (Å²) in [6.45, 7) is 0. The average molecular weight is 361 g/mol. The molecular formula is C19H19N7O. The summed E-state index contributed by atoms with van der Waals surface area (Å²) in [6, 6.07) is 6.11. The van der Waals surface area contributed by atoms with Gasteiger partial charge in [-0.15, -0.1) is 0 Å². The molecule has 1 amide bonds. The number of aromatic nitrogens is 5. The summed E-state index contributed by atoms with van der Waals surface area (Å²) in [7, 11) is 1.82. The van der Waals surface area contributed by atoms with Crippen LogP contribution in [0.4, 0.5) is 5.82 Å². The van der Waals surface area contributed by atoms with Crippen LogP contribution in [0.3, 0.4) is 0 Å². The lowest BCUT2D eigenvalue weighted by Crippen LogP contribution is -2.39. The van der Waals surface area contributed by atoms with Gasteiger partial charge in [0.05, 0.1) is 11.9 Å². The van der Waals surface area contributed by atoms with E-state index in [0.29, 0.717) is 11.2 Å². The van der Waals surface area contributed by atoms with Crippen molar-refractivity contribution in [2.45, 2.75) is 25.3 Å². The zero-order chi connectivity index (χ0) is 18.4. The number of pyridine rings is 1. The molecule has 2 aromatic rings. The maximum Gasteiger partial charge on any atom is 0.256 e. The van der Waals surface area contributed by atoms with Gasteiger partial charge >= 0.3 is 0 Å². The average Bonchev–Trinajstić information content (AvgIpc) is 3.27. The maximum absolute atomic E-state index is 12.7.